The molecule has 140 valence electrons. The molecule has 0 unspecified atom stereocenters. The van der Waals surface area contributed by atoms with E-state index in [1.165, 1.54) is 18.4 Å². The van der Waals surface area contributed by atoms with Crippen LogP contribution in [0.15, 0.2) is 47.5 Å². The Morgan fingerprint density at radius 2 is 1.96 bits per heavy atom. The second kappa shape index (κ2) is 8.18. The maximum absolute atomic E-state index is 12.5. The lowest BCUT2D eigenvalue weighted by molar-refractivity contribution is -0.141. The number of hydrogen-bond donors (Lipinski definition) is 0. The number of aromatic nitrogens is 1. The molecule has 0 saturated heterocycles. The van der Waals surface area contributed by atoms with Crippen LogP contribution >= 0.6 is 11.3 Å². The van der Waals surface area contributed by atoms with Crippen LogP contribution in [-0.2, 0) is 27.3 Å². The molecule has 0 bridgehead atoms. The number of esters is 1. The molecule has 1 amide bonds. The number of aryl methyl sites for hydroxylation is 1. The van der Waals surface area contributed by atoms with Crippen LogP contribution in [0.1, 0.15) is 11.1 Å². The van der Waals surface area contributed by atoms with Gasteiger partial charge in [-0.05, 0) is 42.3 Å². The quantitative estimate of drug-likeness (QED) is 0.634. The second-order valence-corrected chi connectivity index (χ2v) is 7.06. The molecule has 3 rings (SSSR count). The number of benzene rings is 2. The highest BCUT2D eigenvalue weighted by Crippen LogP contribution is 2.19. The summed E-state index contributed by atoms with van der Waals surface area (Å²) in [5.74, 6) is 0.0144. The summed E-state index contributed by atoms with van der Waals surface area (Å²) < 4.78 is 12.6. The Balaban J connectivity index is 1.99. The Kier molecular flexibility index (Phi) is 5.71. The van der Waals surface area contributed by atoms with E-state index in [4.69, 9.17) is 9.47 Å². The van der Waals surface area contributed by atoms with Crippen molar-refractivity contribution < 1.29 is 19.1 Å². The highest BCUT2D eigenvalue weighted by Gasteiger charge is 2.12. The van der Waals surface area contributed by atoms with E-state index in [-0.39, 0.29) is 18.9 Å². The number of fused-ring (bicyclic) bond motifs is 1. The van der Waals surface area contributed by atoms with Crippen molar-refractivity contribution in [3.05, 3.63) is 58.4 Å². The van der Waals surface area contributed by atoms with Crippen LogP contribution in [0, 0.1) is 6.92 Å². The van der Waals surface area contributed by atoms with Gasteiger partial charge in [-0.3, -0.25) is 9.59 Å². The SMILES string of the molecule is COC(=O)Cn1c(=NC(=O)Cc2cccc(OC)c2)sc2cc(C)ccc21. The predicted octanol–water partition coefficient (Wildman–Crippen LogP) is 2.86. The summed E-state index contributed by atoms with van der Waals surface area (Å²) in [6, 6.07) is 13.2. The van der Waals surface area contributed by atoms with E-state index < -0.39 is 5.97 Å². The molecule has 7 heteroatoms. The maximum atomic E-state index is 12.5. The Labute approximate surface area is 160 Å². The number of carbonyl (C=O) groups is 2. The predicted molar refractivity (Wildman–Crippen MR) is 104 cm³/mol. The smallest absolute Gasteiger partial charge is 0.325 e. The average molecular weight is 384 g/mol. The fourth-order valence-corrected chi connectivity index (χ4v) is 3.86. The monoisotopic (exact) mass is 384 g/mol. The number of ether oxygens (including phenoxy) is 2. The fourth-order valence-electron chi connectivity index (χ4n) is 2.72. The van der Waals surface area contributed by atoms with Gasteiger partial charge in [0.2, 0.25) is 0 Å². The van der Waals surface area contributed by atoms with Gasteiger partial charge in [0.15, 0.2) is 4.80 Å². The molecule has 1 heterocycles. The van der Waals surface area contributed by atoms with Gasteiger partial charge in [0.05, 0.1) is 30.9 Å². The van der Waals surface area contributed by atoms with Gasteiger partial charge >= 0.3 is 5.97 Å². The zero-order valence-corrected chi connectivity index (χ0v) is 16.2. The van der Waals surface area contributed by atoms with E-state index in [9.17, 15) is 9.59 Å². The van der Waals surface area contributed by atoms with Crippen molar-refractivity contribution in [3.63, 3.8) is 0 Å². The molecule has 0 fully saturated rings. The fraction of sp³-hybridized carbons (Fsp3) is 0.250. The van der Waals surface area contributed by atoms with Gasteiger partial charge in [0.25, 0.3) is 5.91 Å². The van der Waals surface area contributed by atoms with Crippen molar-refractivity contribution in [2.75, 3.05) is 14.2 Å². The topological polar surface area (TPSA) is 69.9 Å². The normalized spacial score (nSPS) is 11.6. The van der Waals surface area contributed by atoms with Crippen LogP contribution in [0.2, 0.25) is 0 Å². The minimum absolute atomic E-state index is 0.00480. The Morgan fingerprint density at radius 3 is 2.70 bits per heavy atom. The van der Waals surface area contributed by atoms with E-state index in [1.807, 2.05) is 49.4 Å². The molecular weight excluding hydrogens is 364 g/mol. The zero-order chi connectivity index (χ0) is 19.4. The van der Waals surface area contributed by atoms with Crippen LogP contribution in [0.4, 0.5) is 0 Å². The lowest BCUT2D eigenvalue weighted by atomic mass is 10.1. The number of rotatable bonds is 5. The molecule has 0 aliphatic rings. The van der Waals surface area contributed by atoms with Gasteiger partial charge in [-0.25, -0.2) is 0 Å². The third kappa shape index (κ3) is 4.43. The summed E-state index contributed by atoms with van der Waals surface area (Å²) in [5, 5.41) is 0. The lowest BCUT2D eigenvalue weighted by Crippen LogP contribution is -2.22. The molecule has 0 saturated carbocycles. The van der Waals surface area contributed by atoms with E-state index in [1.54, 1.807) is 11.7 Å². The molecule has 1 aromatic heterocycles. The largest absolute Gasteiger partial charge is 0.497 e. The molecule has 2 aromatic carbocycles. The van der Waals surface area contributed by atoms with Gasteiger partial charge in [0.1, 0.15) is 12.3 Å². The summed E-state index contributed by atoms with van der Waals surface area (Å²) in [7, 11) is 2.92. The highest BCUT2D eigenvalue weighted by atomic mass is 32.1. The Bertz CT molecular complexity index is 1070. The van der Waals surface area contributed by atoms with Gasteiger partial charge in [0, 0.05) is 0 Å². The van der Waals surface area contributed by atoms with Gasteiger partial charge in [-0.2, -0.15) is 4.99 Å². The molecule has 0 atom stereocenters. The molecule has 0 spiro atoms. The van der Waals surface area contributed by atoms with Crippen LogP contribution in [0.3, 0.4) is 0 Å². The number of methoxy groups -OCH3 is 2. The minimum atomic E-state index is -0.392. The summed E-state index contributed by atoms with van der Waals surface area (Å²) in [5.41, 5.74) is 2.77. The number of nitrogens with zero attached hydrogens (tertiary/aromatic N) is 2. The Hall–Kier alpha value is -2.93. The van der Waals surface area contributed by atoms with Crippen LogP contribution < -0.4 is 9.54 Å². The van der Waals surface area contributed by atoms with Crippen molar-refractivity contribution >= 4 is 33.4 Å². The number of hydrogen-bond acceptors (Lipinski definition) is 5. The first kappa shape index (κ1) is 18.8. The summed E-state index contributed by atoms with van der Waals surface area (Å²) in [6.45, 7) is 2.00. The third-order valence-electron chi connectivity index (χ3n) is 4.06. The van der Waals surface area contributed by atoms with Gasteiger partial charge < -0.3 is 14.0 Å². The van der Waals surface area contributed by atoms with Gasteiger partial charge in [-0.1, -0.05) is 29.5 Å². The second-order valence-electron chi connectivity index (χ2n) is 6.05. The lowest BCUT2D eigenvalue weighted by Gasteiger charge is -2.04. The molecule has 6 nitrogen and oxygen atoms in total. The molecule has 27 heavy (non-hydrogen) atoms. The highest BCUT2D eigenvalue weighted by molar-refractivity contribution is 7.16. The average Bonchev–Trinajstić information content (AvgIpc) is 2.97. The van der Waals surface area contributed by atoms with Gasteiger partial charge in [-0.15, -0.1) is 0 Å². The number of thiazole rings is 1. The van der Waals surface area contributed by atoms with Crippen LogP contribution in [0.25, 0.3) is 10.2 Å². The molecule has 0 radical (unpaired) electrons. The molecule has 3 aromatic rings. The summed E-state index contributed by atoms with van der Waals surface area (Å²) in [6.07, 6.45) is 0.155. The molecule has 0 aliphatic heterocycles. The standard InChI is InChI=1S/C20H20N2O4S/c1-13-7-8-16-17(9-13)27-20(22(16)12-19(24)26-3)21-18(23)11-14-5-4-6-15(10-14)25-2/h4-10H,11-12H2,1-3H3. The van der Waals surface area contributed by atoms with Crippen molar-refractivity contribution in [2.45, 2.75) is 19.9 Å². The molecule has 0 N–H and O–H groups in total. The van der Waals surface area contributed by atoms with Crippen molar-refractivity contribution in [1.82, 2.24) is 4.57 Å². The van der Waals surface area contributed by atoms with Crippen molar-refractivity contribution in [1.29, 1.82) is 0 Å². The zero-order valence-electron chi connectivity index (χ0n) is 15.4. The van der Waals surface area contributed by atoms with Crippen LogP contribution in [-0.4, -0.2) is 30.7 Å². The summed E-state index contributed by atoms with van der Waals surface area (Å²) >= 11 is 1.38. The first-order valence-corrected chi connectivity index (χ1v) is 9.19. The number of carbonyl (C=O) groups excluding carboxylic acids is 2. The van der Waals surface area contributed by atoms with E-state index in [0.29, 0.717) is 10.6 Å². The number of amides is 1. The maximum Gasteiger partial charge on any atom is 0.325 e. The Morgan fingerprint density at radius 1 is 1.15 bits per heavy atom. The van der Waals surface area contributed by atoms with Crippen molar-refractivity contribution in [3.8, 4) is 5.75 Å². The van der Waals surface area contributed by atoms with E-state index in [2.05, 4.69) is 4.99 Å². The molecule has 0 aliphatic carbocycles. The first-order valence-electron chi connectivity index (χ1n) is 8.37. The van der Waals surface area contributed by atoms with E-state index in [0.717, 1.165) is 21.3 Å². The third-order valence-corrected chi connectivity index (χ3v) is 5.10. The van der Waals surface area contributed by atoms with Crippen molar-refractivity contribution in [2.24, 2.45) is 4.99 Å². The summed E-state index contributed by atoms with van der Waals surface area (Å²) in [4.78, 5) is 29.1. The minimum Gasteiger partial charge on any atom is -0.497 e. The van der Waals surface area contributed by atoms with E-state index >= 15 is 0 Å². The first-order chi connectivity index (χ1) is 13.0. The van der Waals surface area contributed by atoms with Crippen LogP contribution in [0.5, 0.6) is 5.75 Å². The molecular formula is C20H20N2O4S.